The summed E-state index contributed by atoms with van der Waals surface area (Å²) in [5, 5.41) is 16.1. The van der Waals surface area contributed by atoms with Gasteiger partial charge >= 0.3 is 0 Å². The van der Waals surface area contributed by atoms with Gasteiger partial charge in [-0.25, -0.2) is 4.98 Å². The quantitative estimate of drug-likeness (QED) is 0.721. The Kier molecular flexibility index (Phi) is 2.62. The normalized spacial score (nSPS) is 10.7. The maximum atomic E-state index is 9.11. The summed E-state index contributed by atoms with van der Waals surface area (Å²) in [6.45, 7) is 0.0103. The van der Waals surface area contributed by atoms with Crippen molar-refractivity contribution in [1.29, 1.82) is 0 Å². The lowest BCUT2D eigenvalue weighted by atomic mass is 10.1. The fourth-order valence-corrected chi connectivity index (χ4v) is 1.69. The van der Waals surface area contributed by atoms with Crippen LogP contribution >= 0.6 is 0 Å². The van der Waals surface area contributed by atoms with Gasteiger partial charge in [0.25, 0.3) is 5.95 Å². The lowest BCUT2D eigenvalue weighted by Gasteiger charge is -1.99. The largest absolute Gasteiger partial charge is 0.392 e. The fraction of sp³-hybridized carbons (Fsp3) is 0.0833. The van der Waals surface area contributed by atoms with Gasteiger partial charge in [-0.15, -0.1) is 5.10 Å². The molecule has 0 saturated heterocycles. The average Bonchev–Trinajstić information content (AvgIpc) is 3.09. The Morgan fingerprint density at radius 3 is 3.06 bits per heavy atom. The second kappa shape index (κ2) is 4.42. The second-order valence-corrected chi connectivity index (χ2v) is 3.81. The first kappa shape index (κ1) is 10.7. The van der Waals surface area contributed by atoms with Crippen LogP contribution in [0.25, 0.3) is 17.3 Å². The molecular formula is C12H11N5O. The van der Waals surface area contributed by atoms with Crippen LogP contribution in [0.4, 0.5) is 0 Å². The molecule has 0 fully saturated rings. The van der Waals surface area contributed by atoms with Crippen LogP contribution in [-0.4, -0.2) is 29.8 Å². The number of hydrogen-bond donors (Lipinski definition) is 2. The molecule has 0 unspecified atom stereocenters. The van der Waals surface area contributed by atoms with Crippen molar-refractivity contribution in [1.82, 2.24) is 24.7 Å². The van der Waals surface area contributed by atoms with Crippen LogP contribution in [0, 0.1) is 0 Å². The summed E-state index contributed by atoms with van der Waals surface area (Å²) < 4.78 is 1.72. The molecule has 6 nitrogen and oxygen atoms in total. The van der Waals surface area contributed by atoms with Gasteiger partial charge in [-0.05, 0) is 11.6 Å². The summed E-state index contributed by atoms with van der Waals surface area (Å²) in [4.78, 5) is 8.32. The minimum atomic E-state index is 0.0103. The summed E-state index contributed by atoms with van der Waals surface area (Å²) in [6.07, 6.45) is 5.08. The minimum absolute atomic E-state index is 0.0103. The Labute approximate surface area is 103 Å². The number of H-pyrrole nitrogens is 1. The molecule has 1 aromatic carbocycles. The lowest BCUT2D eigenvalue weighted by Crippen LogP contribution is -1.92. The van der Waals surface area contributed by atoms with Crippen molar-refractivity contribution in [3.63, 3.8) is 0 Å². The van der Waals surface area contributed by atoms with Crippen molar-refractivity contribution in [2.75, 3.05) is 0 Å². The van der Waals surface area contributed by atoms with Gasteiger partial charge in [0.1, 0.15) is 6.33 Å². The van der Waals surface area contributed by atoms with Crippen LogP contribution in [0.5, 0.6) is 0 Å². The average molecular weight is 241 g/mol. The third kappa shape index (κ3) is 1.89. The van der Waals surface area contributed by atoms with E-state index in [4.69, 9.17) is 5.11 Å². The van der Waals surface area contributed by atoms with Crippen LogP contribution in [-0.2, 0) is 6.61 Å². The second-order valence-electron chi connectivity index (χ2n) is 3.81. The van der Waals surface area contributed by atoms with Crippen molar-refractivity contribution in [2.45, 2.75) is 6.61 Å². The molecule has 18 heavy (non-hydrogen) atoms. The molecule has 2 heterocycles. The number of hydrogen-bond acceptors (Lipinski definition) is 4. The van der Waals surface area contributed by atoms with Gasteiger partial charge in [0.05, 0.1) is 6.61 Å². The standard InChI is InChI=1S/C12H11N5O/c18-7-9-2-1-3-10(6-9)11-14-12(16-15-11)17-5-4-13-8-17/h1-6,8,18H,7H2,(H,14,15,16). The number of nitrogens with zero attached hydrogens (tertiary/aromatic N) is 4. The first-order valence-electron chi connectivity index (χ1n) is 5.48. The molecule has 6 heteroatoms. The van der Waals surface area contributed by atoms with Crippen LogP contribution in [0.1, 0.15) is 5.56 Å². The zero-order valence-corrected chi connectivity index (χ0v) is 9.48. The number of aliphatic hydroxyl groups is 1. The van der Waals surface area contributed by atoms with E-state index in [1.165, 1.54) is 0 Å². The molecular weight excluding hydrogens is 230 g/mol. The summed E-state index contributed by atoms with van der Waals surface area (Å²) in [7, 11) is 0. The van der Waals surface area contributed by atoms with Gasteiger partial charge in [-0.1, -0.05) is 18.2 Å². The molecule has 3 aromatic rings. The highest BCUT2D eigenvalue weighted by atomic mass is 16.3. The number of rotatable bonds is 3. The van der Waals surface area contributed by atoms with Crippen molar-refractivity contribution < 1.29 is 5.11 Å². The van der Waals surface area contributed by atoms with Crippen LogP contribution in [0.2, 0.25) is 0 Å². The molecule has 0 amide bonds. The van der Waals surface area contributed by atoms with Gasteiger partial charge in [0.15, 0.2) is 5.82 Å². The van der Waals surface area contributed by atoms with E-state index >= 15 is 0 Å². The number of aromatic amines is 1. The first-order valence-corrected chi connectivity index (χ1v) is 5.48. The SMILES string of the molecule is OCc1cccc(-c2nc(-n3ccnc3)n[nH]2)c1. The van der Waals surface area contributed by atoms with E-state index in [1.54, 1.807) is 23.3 Å². The van der Waals surface area contributed by atoms with Crippen LogP contribution < -0.4 is 0 Å². The molecule has 0 aliphatic heterocycles. The predicted molar refractivity (Wildman–Crippen MR) is 64.9 cm³/mol. The Morgan fingerprint density at radius 1 is 1.33 bits per heavy atom. The highest BCUT2D eigenvalue weighted by Gasteiger charge is 2.07. The Bertz CT molecular complexity index is 644. The lowest BCUT2D eigenvalue weighted by molar-refractivity contribution is 0.282. The Morgan fingerprint density at radius 2 is 2.28 bits per heavy atom. The molecule has 0 saturated carbocycles. The van der Waals surface area contributed by atoms with Crippen molar-refractivity contribution >= 4 is 0 Å². The number of imidazole rings is 1. The summed E-state index contributed by atoms with van der Waals surface area (Å²) >= 11 is 0. The summed E-state index contributed by atoms with van der Waals surface area (Å²) in [5.41, 5.74) is 1.73. The molecule has 3 rings (SSSR count). The predicted octanol–water partition coefficient (Wildman–Crippen LogP) is 1.15. The number of nitrogens with one attached hydrogen (secondary N) is 1. The monoisotopic (exact) mass is 241 g/mol. The zero-order valence-electron chi connectivity index (χ0n) is 9.48. The molecule has 0 atom stereocenters. The Balaban J connectivity index is 1.97. The fourth-order valence-electron chi connectivity index (χ4n) is 1.69. The molecule has 0 bridgehead atoms. The van der Waals surface area contributed by atoms with E-state index in [0.29, 0.717) is 11.8 Å². The molecule has 2 N–H and O–H groups in total. The van der Waals surface area contributed by atoms with E-state index in [0.717, 1.165) is 11.1 Å². The molecule has 2 aromatic heterocycles. The number of aromatic nitrogens is 5. The molecule has 0 aliphatic rings. The van der Waals surface area contributed by atoms with Crippen molar-refractivity contribution in [3.8, 4) is 17.3 Å². The summed E-state index contributed by atoms with van der Waals surface area (Å²) in [6, 6.07) is 7.52. The van der Waals surface area contributed by atoms with Gasteiger partial charge in [0.2, 0.25) is 0 Å². The zero-order chi connectivity index (χ0) is 12.4. The summed E-state index contributed by atoms with van der Waals surface area (Å²) in [5.74, 6) is 1.20. The van der Waals surface area contributed by atoms with Gasteiger partial charge in [0, 0.05) is 18.0 Å². The van der Waals surface area contributed by atoms with Gasteiger partial charge in [-0.3, -0.25) is 9.67 Å². The highest BCUT2D eigenvalue weighted by molar-refractivity contribution is 5.56. The van der Waals surface area contributed by atoms with Crippen LogP contribution in [0.15, 0.2) is 43.0 Å². The van der Waals surface area contributed by atoms with E-state index in [1.807, 2.05) is 24.3 Å². The van der Waals surface area contributed by atoms with Crippen LogP contribution in [0.3, 0.4) is 0 Å². The first-order chi connectivity index (χ1) is 8.86. The maximum absolute atomic E-state index is 9.11. The van der Waals surface area contributed by atoms with Gasteiger partial charge in [-0.2, -0.15) is 4.98 Å². The van der Waals surface area contributed by atoms with E-state index < -0.39 is 0 Å². The molecule has 0 radical (unpaired) electrons. The van der Waals surface area contributed by atoms with E-state index in [9.17, 15) is 0 Å². The smallest absolute Gasteiger partial charge is 0.254 e. The molecule has 0 aliphatic carbocycles. The van der Waals surface area contributed by atoms with Gasteiger partial charge < -0.3 is 5.11 Å². The van der Waals surface area contributed by atoms with Crippen molar-refractivity contribution in [2.24, 2.45) is 0 Å². The van der Waals surface area contributed by atoms with Crippen molar-refractivity contribution in [3.05, 3.63) is 48.5 Å². The molecule has 0 spiro atoms. The highest BCUT2D eigenvalue weighted by Crippen LogP contribution is 2.17. The minimum Gasteiger partial charge on any atom is -0.392 e. The number of aliphatic hydroxyl groups excluding tert-OH is 1. The van der Waals surface area contributed by atoms with E-state index in [-0.39, 0.29) is 6.61 Å². The third-order valence-corrected chi connectivity index (χ3v) is 2.59. The number of benzene rings is 1. The topological polar surface area (TPSA) is 79.6 Å². The van der Waals surface area contributed by atoms with E-state index in [2.05, 4.69) is 20.2 Å². The molecule has 90 valence electrons. The maximum Gasteiger partial charge on any atom is 0.254 e. The third-order valence-electron chi connectivity index (χ3n) is 2.59. The Hall–Kier alpha value is -2.47.